The van der Waals surface area contributed by atoms with Gasteiger partial charge in [-0.1, -0.05) is 0 Å². The topological polar surface area (TPSA) is 119 Å². The van der Waals surface area contributed by atoms with Gasteiger partial charge in [-0.25, -0.2) is 0 Å². The summed E-state index contributed by atoms with van der Waals surface area (Å²) in [5.41, 5.74) is -2.22. The Kier molecular flexibility index (Phi) is 6.54. The Morgan fingerprint density at radius 2 is 1.92 bits per heavy atom. The van der Waals surface area contributed by atoms with E-state index in [1.165, 1.54) is 13.8 Å². The maximum absolute atomic E-state index is 12.2. The standard InChI is InChI=1S/C15H17F3N2O6/c1-14(2,13(22)23)5-6-19-12(21)10-7-9(26-8-15(16,17)18)3-4-11(10)20(24)25/h3-4,7H,5-6,8H2,1-2H3,(H,19,21)(H,22,23). The molecule has 0 radical (unpaired) electrons. The van der Waals surface area contributed by atoms with Gasteiger partial charge < -0.3 is 15.2 Å². The van der Waals surface area contributed by atoms with Crippen molar-refractivity contribution in [2.24, 2.45) is 5.41 Å². The number of nitrogens with zero attached hydrogens (tertiary/aromatic N) is 1. The monoisotopic (exact) mass is 378 g/mol. The van der Waals surface area contributed by atoms with E-state index in [9.17, 15) is 32.9 Å². The average molecular weight is 378 g/mol. The number of carboxylic acids is 1. The van der Waals surface area contributed by atoms with Gasteiger partial charge in [0.05, 0.1) is 10.3 Å². The SMILES string of the molecule is CC(C)(CCNC(=O)c1cc(OCC(F)(F)F)ccc1[N+](=O)[O-])C(=O)O. The van der Waals surface area contributed by atoms with E-state index in [0.29, 0.717) is 0 Å². The third kappa shape index (κ3) is 6.22. The van der Waals surface area contributed by atoms with E-state index >= 15 is 0 Å². The Labute approximate surface area is 146 Å². The van der Waals surface area contributed by atoms with Crippen molar-refractivity contribution in [2.45, 2.75) is 26.4 Å². The number of nitro benzene ring substituents is 1. The van der Waals surface area contributed by atoms with E-state index in [1.54, 1.807) is 0 Å². The number of carbonyl (C=O) groups is 2. The van der Waals surface area contributed by atoms with Gasteiger partial charge in [0.2, 0.25) is 0 Å². The highest BCUT2D eigenvalue weighted by atomic mass is 19.4. The number of carboxylic acid groups (broad SMARTS) is 1. The number of hydrogen-bond donors (Lipinski definition) is 2. The van der Waals surface area contributed by atoms with Gasteiger partial charge in [-0.3, -0.25) is 19.7 Å². The van der Waals surface area contributed by atoms with E-state index in [0.717, 1.165) is 18.2 Å². The fourth-order valence-corrected chi connectivity index (χ4v) is 1.80. The van der Waals surface area contributed by atoms with Gasteiger partial charge in [0.25, 0.3) is 11.6 Å². The molecule has 0 fully saturated rings. The maximum Gasteiger partial charge on any atom is 0.422 e. The van der Waals surface area contributed by atoms with Crippen LogP contribution in [0.2, 0.25) is 0 Å². The van der Waals surface area contributed by atoms with Gasteiger partial charge in [-0.2, -0.15) is 13.2 Å². The third-order valence-corrected chi connectivity index (χ3v) is 3.43. The number of carbonyl (C=O) groups excluding carboxylic acids is 1. The Balaban J connectivity index is 2.91. The van der Waals surface area contributed by atoms with Crippen molar-refractivity contribution >= 4 is 17.6 Å². The number of rotatable bonds is 8. The molecule has 1 aromatic carbocycles. The number of alkyl halides is 3. The quantitative estimate of drug-likeness (QED) is 0.530. The Morgan fingerprint density at radius 1 is 1.31 bits per heavy atom. The smallest absolute Gasteiger partial charge is 0.422 e. The summed E-state index contributed by atoms with van der Waals surface area (Å²) in [6, 6.07) is 2.65. The Morgan fingerprint density at radius 3 is 2.42 bits per heavy atom. The predicted octanol–water partition coefficient (Wildman–Crippen LogP) is 2.77. The minimum absolute atomic E-state index is 0.0478. The molecule has 1 aromatic rings. The van der Waals surface area contributed by atoms with Crippen LogP contribution in [0.1, 0.15) is 30.6 Å². The molecule has 0 unspecified atom stereocenters. The summed E-state index contributed by atoms with van der Waals surface area (Å²) in [4.78, 5) is 33.3. The fourth-order valence-electron chi connectivity index (χ4n) is 1.80. The number of halogens is 3. The van der Waals surface area contributed by atoms with Crippen LogP contribution in [-0.2, 0) is 4.79 Å². The zero-order valence-electron chi connectivity index (χ0n) is 13.9. The van der Waals surface area contributed by atoms with Crippen molar-refractivity contribution in [3.8, 4) is 5.75 Å². The summed E-state index contributed by atoms with van der Waals surface area (Å²) < 4.78 is 41.1. The first-order valence-electron chi connectivity index (χ1n) is 7.33. The zero-order chi connectivity index (χ0) is 20.1. The molecule has 0 atom stereocenters. The first-order valence-corrected chi connectivity index (χ1v) is 7.33. The number of nitro groups is 1. The lowest BCUT2D eigenvalue weighted by molar-refractivity contribution is -0.385. The minimum atomic E-state index is -4.60. The molecular weight excluding hydrogens is 361 g/mol. The summed E-state index contributed by atoms with van der Waals surface area (Å²) in [6.45, 7) is 1.17. The second-order valence-electron chi connectivity index (χ2n) is 6.03. The number of nitrogens with one attached hydrogen (secondary N) is 1. The molecule has 0 aliphatic carbocycles. The lowest BCUT2D eigenvalue weighted by Gasteiger charge is -2.19. The molecule has 0 bridgehead atoms. The van der Waals surface area contributed by atoms with Crippen LogP contribution in [-0.4, -0.2) is 41.2 Å². The first kappa shape index (κ1) is 21.2. The van der Waals surface area contributed by atoms with Crippen LogP contribution in [0, 0.1) is 15.5 Å². The molecular formula is C15H17F3N2O6. The van der Waals surface area contributed by atoms with Crippen LogP contribution in [0.5, 0.6) is 5.75 Å². The van der Waals surface area contributed by atoms with Crippen molar-refractivity contribution in [1.29, 1.82) is 0 Å². The summed E-state index contributed by atoms with van der Waals surface area (Å²) in [7, 11) is 0. The van der Waals surface area contributed by atoms with Crippen molar-refractivity contribution in [3.63, 3.8) is 0 Å². The summed E-state index contributed by atoms with van der Waals surface area (Å²) in [5, 5.41) is 22.3. The Hall–Kier alpha value is -2.85. The maximum atomic E-state index is 12.2. The van der Waals surface area contributed by atoms with Crippen LogP contribution in [0.15, 0.2) is 18.2 Å². The fraction of sp³-hybridized carbons (Fsp3) is 0.467. The molecule has 0 saturated heterocycles. The highest BCUT2D eigenvalue weighted by Crippen LogP contribution is 2.26. The van der Waals surface area contributed by atoms with E-state index in [2.05, 4.69) is 10.1 Å². The lowest BCUT2D eigenvalue weighted by Crippen LogP contribution is -2.32. The number of hydrogen-bond acceptors (Lipinski definition) is 5. The van der Waals surface area contributed by atoms with Crippen molar-refractivity contribution in [3.05, 3.63) is 33.9 Å². The molecule has 0 aliphatic rings. The molecule has 11 heteroatoms. The van der Waals surface area contributed by atoms with Crippen molar-refractivity contribution < 1.29 is 37.5 Å². The molecule has 1 amide bonds. The number of amides is 1. The second kappa shape index (κ2) is 8.02. The number of benzene rings is 1. The number of aliphatic carboxylic acids is 1. The largest absolute Gasteiger partial charge is 0.484 e. The zero-order valence-corrected chi connectivity index (χ0v) is 13.9. The van der Waals surface area contributed by atoms with Crippen LogP contribution < -0.4 is 10.1 Å². The molecule has 8 nitrogen and oxygen atoms in total. The van der Waals surface area contributed by atoms with E-state index in [-0.39, 0.29) is 18.7 Å². The van der Waals surface area contributed by atoms with E-state index < -0.39 is 46.2 Å². The molecule has 0 saturated carbocycles. The van der Waals surface area contributed by atoms with Gasteiger partial charge in [-0.05, 0) is 32.4 Å². The predicted molar refractivity (Wildman–Crippen MR) is 83.0 cm³/mol. The van der Waals surface area contributed by atoms with Crippen LogP contribution >= 0.6 is 0 Å². The molecule has 144 valence electrons. The normalized spacial score (nSPS) is 11.7. The van der Waals surface area contributed by atoms with Gasteiger partial charge >= 0.3 is 12.1 Å². The molecule has 2 N–H and O–H groups in total. The Bertz CT molecular complexity index is 703. The third-order valence-electron chi connectivity index (χ3n) is 3.43. The van der Waals surface area contributed by atoms with Crippen molar-refractivity contribution in [2.75, 3.05) is 13.2 Å². The van der Waals surface area contributed by atoms with Crippen molar-refractivity contribution in [1.82, 2.24) is 5.32 Å². The van der Waals surface area contributed by atoms with Crippen LogP contribution in [0.25, 0.3) is 0 Å². The molecule has 1 rings (SSSR count). The molecule has 26 heavy (non-hydrogen) atoms. The van der Waals surface area contributed by atoms with Crippen LogP contribution in [0.4, 0.5) is 18.9 Å². The molecule has 0 spiro atoms. The van der Waals surface area contributed by atoms with E-state index in [1.807, 2.05) is 0 Å². The highest BCUT2D eigenvalue weighted by molar-refractivity contribution is 5.98. The molecule has 0 aliphatic heterocycles. The van der Waals surface area contributed by atoms with E-state index in [4.69, 9.17) is 5.11 Å². The van der Waals surface area contributed by atoms with Gasteiger partial charge in [0.1, 0.15) is 11.3 Å². The second-order valence-corrected chi connectivity index (χ2v) is 6.03. The molecule has 0 heterocycles. The van der Waals surface area contributed by atoms with Gasteiger partial charge in [0.15, 0.2) is 6.61 Å². The first-order chi connectivity index (χ1) is 11.8. The average Bonchev–Trinajstić information content (AvgIpc) is 2.51. The van der Waals surface area contributed by atoms with Gasteiger partial charge in [-0.15, -0.1) is 0 Å². The lowest BCUT2D eigenvalue weighted by atomic mass is 9.89. The number of ether oxygens (including phenoxy) is 1. The van der Waals surface area contributed by atoms with Gasteiger partial charge in [0, 0.05) is 12.6 Å². The molecule has 0 aromatic heterocycles. The minimum Gasteiger partial charge on any atom is -0.484 e. The summed E-state index contributed by atoms with van der Waals surface area (Å²) in [5.74, 6) is -2.36. The van der Waals surface area contributed by atoms with Crippen LogP contribution in [0.3, 0.4) is 0 Å². The summed E-state index contributed by atoms with van der Waals surface area (Å²) in [6.07, 6.45) is -4.56. The highest BCUT2D eigenvalue weighted by Gasteiger charge is 2.30. The summed E-state index contributed by atoms with van der Waals surface area (Å²) >= 11 is 0.